The molecule has 0 aromatic rings. The molecule has 0 aliphatic carbocycles. The van der Waals surface area contributed by atoms with Crippen LogP contribution in [0.15, 0.2) is 16.1 Å². The first kappa shape index (κ1) is 19.1. The molecule has 122 valence electrons. The Morgan fingerprint density at radius 3 is 3.10 bits per heavy atom. The molecule has 0 bridgehead atoms. The first-order chi connectivity index (χ1) is 9.27. The van der Waals surface area contributed by atoms with E-state index in [0.29, 0.717) is 13.1 Å². The summed E-state index contributed by atoms with van der Waals surface area (Å²) < 4.78 is 0. The second-order valence-corrected chi connectivity index (χ2v) is 6.31. The highest BCUT2D eigenvalue weighted by atomic mass is 35.5. The minimum Gasteiger partial charge on any atom is -0.387 e. The van der Waals surface area contributed by atoms with Gasteiger partial charge in [0.2, 0.25) is 0 Å². The quantitative estimate of drug-likeness (QED) is 0.647. The molecule has 0 amide bonds. The topological polar surface area (TPSA) is 59.9 Å². The van der Waals surface area contributed by atoms with Gasteiger partial charge in [0.15, 0.2) is 5.17 Å². The van der Waals surface area contributed by atoms with Crippen LogP contribution in [-0.4, -0.2) is 60.0 Å². The minimum atomic E-state index is -0.545. The van der Waals surface area contributed by atoms with E-state index in [-0.39, 0.29) is 24.8 Å². The van der Waals surface area contributed by atoms with Crippen LogP contribution >= 0.6 is 36.6 Å². The third-order valence-corrected chi connectivity index (χ3v) is 4.85. The molecule has 3 heterocycles. The lowest BCUT2D eigenvalue weighted by molar-refractivity contribution is 0.0614. The van der Waals surface area contributed by atoms with Gasteiger partial charge < -0.3 is 20.6 Å². The summed E-state index contributed by atoms with van der Waals surface area (Å²) in [6.45, 7) is 5.30. The molecule has 0 aromatic carbocycles. The molecule has 1 unspecified atom stereocenters. The van der Waals surface area contributed by atoms with Crippen molar-refractivity contribution in [2.75, 3.05) is 39.3 Å². The molecule has 5 nitrogen and oxygen atoms in total. The van der Waals surface area contributed by atoms with Crippen molar-refractivity contribution in [3.05, 3.63) is 11.1 Å². The number of halogens is 2. The summed E-state index contributed by atoms with van der Waals surface area (Å²) in [4.78, 5) is 6.86. The summed E-state index contributed by atoms with van der Waals surface area (Å²) >= 11 is 1.74. The summed E-state index contributed by atoms with van der Waals surface area (Å²) in [5.41, 5.74) is 0.823. The van der Waals surface area contributed by atoms with Gasteiger partial charge in [-0.2, -0.15) is 0 Å². The van der Waals surface area contributed by atoms with Crippen molar-refractivity contribution in [1.82, 2.24) is 15.5 Å². The van der Waals surface area contributed by atoms with Crippen LogP contribution in [0.25, 0.3) is 0 Å². The number of thioether (sulfide) groups is 1. The predicted octanol–water partition coefficient (Wildman–Crippen LogP) is 1.18. The lowest BCUT2D eigenvalue weighted by Crippen LogP contribution is -2.43. The van der Waals surface area contributed by atoms with E-state index in [1.807, 2.05) is 0 Å². The van der Waals surface area contributed by atoms with Crippen LogP contribution in [0.5, 0.6) is 0 Å². The van der Waals surface area contributed by atoms with Crippen molar-refractivity contribution in [3.63, 3.8) is 0 Å². The molecule has 1 atom stereocenters. The Morgan fingerprint density at radius 2 is 2.33 bits per heavy atom. The van der Waals surface area contributed by atoms with E-state index < -0.39 is 5.60 Å². The molecule has 8 heteroatoms. The van der Waals surface area contributed by atoms with E-state index in [1.54, 1.807) is 11.8 Å². The molecule has 3 aliphatic rings. The maximum Gasteiger partial charge on any atom is 0.167 e. The molecule has 0 radical (unpaired) electrons. The number of nitrogens with one attached hydrogen (secondary N) is 2. The molecule has 0 saturated carbocycles. The Kier molecular flexibility index (Phi) is 7.81. The monoisotopic (exact) mass is 354 g/mol. The van der Waals surface area contributed by atoms with Gasteiger partial charge in [-0.15, -0.1) is 24.8 Å². The normalized spacial score (nSPS) is 27.4. The number of rotatable bonds is 5. The summed E-state index contributed by atoms with van der Waals surface area (Å²) in [6, 6.07) is 0. The van der Waals surface area contributed by atoms with Gasteiger partial charge >= 0.3 is 0 Å². The smallest absolute Gasteiger partial charge is 0.167 e. The maximum atomic E-state index is 10.2. The first-order valence-electron chi connectivity index (χ1n) is 7.08. The lowest BCUT2D eigenvalue weighted by Gasteiger charge is -2.26. The van der Waals surface area contributed by atoms with E-state index in [9.17, 15) is 5.11 Å². The van der Waals surface area contributed by atoms with Crippen LogP contribution < -0.4 is 10.6 Å². The molecule has 3 rings (SSSR count). The van der Waals surface area contributed by atoms with Crippen LogP contribution in [0, 0.1) is 0 Å². The average molecular weight is 355 g/mol. The second kappa shape index (κ2) is 8.60. The van der Waals surface area contributed by atoms with Crippen molar-refractivity contribution in [2.45, 2.75) is 24.9 Å². The molecule has 0 aromatic heterocycles. The van der Waals surface area contributed by atoms with Gasteiger partial charge in [0.25, 0.3) is 0 Å². The fraction of sp³-hybridized carbons (Fsp3) is 0.769. The van der Waals surface area contributed by atoms with Gasteiger partial charge in [0.05, 0.1) is 5.60 Å². The van der Waals surface area contributed by atoms with E-state index >= 15 is 0 Å². The highest BCUT2D eigenvalue weighted by molar-refractivity contribution is 8.16. The van der Waals surface area contributed by atoms with Crippen molar-refractivity contribution in [1.29, 1.82) is 0 Å². The van der Waals surface area contributed by atoms with E-state index in [4.69, 9.17) is 0 Å². The Bertz CT molecular complexity index is 400. The van der Waals surface area contributed by atoms with Crippen LogP contribution in [-0.2, 0) is 0 Å². The Balaban J connectivity index is 0.00000110. The fourth-order valence-electron chi connectivity index (χ4n) is 2.75. The summed E-state index contributed by atoms with van der Waals surface area (Å²) in [6.07, 6.45) is 3.01. The van der Waals surface area contributed by atoms with E-state index in [0.717, 1.165) is 45.4 Å². The van der Waals surface area contributed by atoms with Crippen LogP contribution in [0.4, 0.5) is 0 Å². The molecular weight excluding hydrogens is 331 g/mol. The number of aliphatic hydroxyl groups is 1. The Morgan fingerprint density at radius 1 is 1.48 bits per heavy atom. The Hall–Kier alpha value is 0.0200. The summed E-state index contributed by atoms with van der Waals surface area (Å²) in [5.74, 6) is 0. The number of amidine groups is 1. The van der Waals surface area contributed by atoms with E-state index in [1.165, 1.54) is 10.9 Å². The number of aliphatic imine (C=N–C) groups is 1. The third-order valence-electron chi connectivity index (χ3n) is 3.90. The van der Waals surface area contributed by atoms with Gasteiger partial charge in [0, 0.05) is 44.8 Å². The fourth-order valence-corrected chi connectivity index (χ4v) is 3.74. The number of fused-ring (bicyclic) bond motifs is 1. The highest BCUT2D eigenvalue weighted by Crippen LogP contribution is 2.30. The minimum absolute atomic E-state index is 0. The highest BCUT2D eigenvalue weighted by Gasteiger charge is 2.30. The summed E-state index contributed by atoms with van der Waals surface area (Å²) in [7, 11) is 0. The van der Waals surface area contributed by atoms with Crippen molar-refractivity contribution < 1.29 is 5.11 Å². The maximum absolute atomic E-state index is 10.2. The average Bonchev–Trinajstić information content (AvgIpc) is 3.02. The van der Waals surface area contributed by atoms with Gasteiger partial charge in [-0.3, -0.25) is 4.99 Å². The zero-order valence-electron chi connectivity index (χ0n) is 12.0. The van der Waals surface area contributed by atoms with E-state index in [2.05, 4.69) is 25.9 Å². The van der Waals surface area contributed by atoms with Crippen molar-refractivity contribution >= 4 is 41.7 Å². The zero-order valence-corrected chi connectivity index (χ0v) is 14.5. The molecule has 0 spiro atoms. The van der Waals surface area contributed by atoms with Crippen LogP contribution in [0.2, 0.25) is 0 Å². The predicted molar refractivity (Wildman–Crippen MR) is 93.7 cm³/mol. The van der Waals surface area contributed by atoms with Gasteiger partial charge in [-0.1, -0.05) is 11.8 Å². The second-order valence-electron chi connectivity index (χ2n) is 5.47. The largest absolute Gasteiger partial charge is 0.387 e. The van der Waals surface area contributed by atoms with Gasteiger partial charge in [0.1, 0.15) is 0 Å². The SMILES string of the molecule is Cl.Cl.OC1(CNCCC2=CSC3=NCCCN23)CCNC1. The lowest BCUT2D eigenvalue weighted by atomic mass is 10.0. The zero-order chi connectivity index (χ0) is 13.1. The molecule has 21 heavy (non-hydrogen) atoms. The molecule has 3 N–H and O–H groups in total. The number of hydrogen-bond acceptors (Lipinski definition) is 6. The first-order valence-corrected chi connectivity index (χ1v) is 7.96. The number of nitrogens with zero attached hydrogens (tertiary/aromatic N) is 2. The van der Waals surface area contributed by atoms with Crippen molar-refractivity contribution in [2.24, 2.45) is 4.99 Å². The molecule has 1 fully saturated rings. The number of β-amino-alcohol motifs (C(OH)–C–C–N with tert-alkyl or cyclic N) is 1. The van der Waals surface area contributed by atoms with Crippen LogP contribution in [0.1, 0.15) is 19.3 Å². The van der Waals surface area contributed by atoms with Crippen LogP contribution in [0.3, 0.4) is 0 Å². The number of hydrogen-bond donors (Lipinski definition) is 3. The molecule has 1 saturated heterocycles. The van der Waals surface area contributed by atoms with Gasteiger partial charge in [-0.05, 0) is 24.8 Å². The van der Waals surface area contributed by atoms with Crippen molar-refractivity contribution in [3.8, 4) is 0 Å². The molecule has 3 aliphatic heterocycles. The third kappa shape index (κ3) is 4.74. The standard InChI is InChI=1S/C13H22N4OS.2ClH/c18-13(3-6-15-10-13)9-14-5-2-11-8-19-12-16-4-1-7-17(11)12;;/h8,14-15,18H,1-7,9-10H2;2*1H. The Labute approximate surface area is 142 Å². The summed E-state index contributed by atoms with van der Waals surface area (Å²) in [5, 5.41) is 20.2. The molecular formula is C13H24Cl2N4OS. The van der Waals surface area contributed by atoms with Gasteiger partial charge in [-0.25, -0.2) is 0 Å².